The molecular weight excluding hydrogens is 208 g/mol. The number of hydrogen-bond donors (Lipinski definition) is 1. The minimum atomic E-state index is 0.388. The number of aryl methyl sites for hydroxylation is 1. The molecule has 88 valence electrons. The van der Waals surface area contributed by atoms with Crippen molar-refractivity contribution in [3.63, 3.8) is 0 Å². The van der Waals surface area contributed by atoms with Gasteiger partial charge in [-0.15, -0.1) is 0 Å². The smallest absolute Gasteiger partial charge is 0.0270 e. The Morgan fingerprint density at radius 2 is 1.82 bits per heavy atom. The van der Waals surface area contributed by atoms with Crippen LogP contribution in [0.2, 0.25) is 0 Å². The summed E-state index contributed by atoms with van der Waals surface area (Å²) in [5.74, 6) is 0.388. The molecule has 17 heavy (non-hydrogen) atoms. The molecule has 0 radical (unpaired) electrons. The minimum absolute atomic E-state index is 0.388. The second-order valence-corrected chi connectivity index (χ2v) is 4.35. The first-order chi connectivity index (χ1) is 8.31. The van der Waals surface area contributed by atoms with Crippen LogP contribution in [0.1, 0.15) is 22.6 Å². The Morgan fingerprint density at radius 3 is 2.47 bits per heavy atom. The number of nitrogens with zero attached hydrogens (tertiary/aromatic N) is 1. The lowest BCUT2D eigenvalue weighted by atomic mass is 9.89. The van der Waals surface area contributed by atoms with Gasteiger partial charge >= 0.3 is 0 Å². The number of benzene rings is 1. The first kappa shape index (κ1) is 11.8. The van der Waals surface area contributed by atoms with Gasteiger partial charge in [-0.2, -0.15) is 0 Å². The summed E-state index contributed by atoms with van der Waals surface area (Å²) < 4.78 is 0. The normalized spacial score (nSPS) is 12.4. The van der Waals surface area contributed by atoms with Crippen LogP contribution in [-0.4, -0.2) is 11.5 Å². The van der Waals surface area contributed by atoms with E-state index in [4.69, 9.17) is 5.73 Å². The summed E-state index contributed by atoms with van der Waals surface area (Å²) in [5.41, 5.74) is 9.87. The van der Waals surface area contributed by atoms with Gasteiger partial charge in [-0.25, -0.2) is 0 Å². The van der Waals surface area contributed by atoms with Crippen LogP contribution in [0.5, 0.6) is 0 Å². The average Bonchev–Trinajstić information content (AvgIpc) is 2.38. The summed E-state index contributed by atoms with van der Waals surface area (Å²) in [4.78, 5) is 4.04. The fourth-order valence-corrected chi connectivity index (χ4v) is 2.17. The Kier molecular flexibility index (Phi) is 3.89. The number of nitrogens with two attached hydrogens (primary N) is 1. The topological polar surface area (TPSA) is 38.9 Å². The molecule has 2 rings (SSSR count). The van der Waals surface area contributed by atoms with Gasteiger partial charge < -0.3 is 5.73 Å². The summed E-state index contributed by atoms with van der Waals surface area (Å²) in [7, 11) is 0. The maximum atomic E-state index is 5.91. The third kappa shape index (κ3) is 2.92. The van der Waals surface area contributed by atoms with E-state index in [1.54, 1.807) is 0 Å². The van der Waals surface area contributed by atoms with Crippen LogP contribution in [0.4, 0.5) is 0 Å². The van der Waals surface area contributed by atoms with Crippen LogP contribution in [0.3, 0.4) is 0 Å². The molecule has 2 N–H and O–H groups in total. The molecule has 0 aliphatic heterocycles. The van der Waals surface area contributed by atoms with Crippen LogP contribution < -0.4 is 5.73 Å². The maximum absolute atomic E-state index is 5.91. The van der Waals surface area contributed by atoms with E-state index >= 15 is 0 Å². The highest BCUT2D eigenvalue weighted by Gasteiger charge is 2.12. The Labute approximate surface area is 103 Å². The van der Waals surface area contributed by atoms with E-state index in [2.05, 4.69) is 48.3 Å². The summed E-state index contributed by atoms with van der Waals surface area (Å²) in [6.45, 7) is 2.82. The molecule has 1 atom stereocenters. The van der Waals surface area contributed by atoms with E-state index < -0.39 is 0 Å². The summed E-state index contributed by atoms with van der Waals surface area (Å²) >= 11 is 0. The lowest BCUT2D eigenvalue weighted by Crippen LogP contribution is -2.16. The number of hydrogen-bond acceptors (Lipinski definition) is 2. The van der Waals surface area contributed by atoms with Gasteiger partial charge in [-0.3, -0.25) is 4.98 Å². The van der Waals surface area contributed by atoms with Crippen molar-refractivity contribution < 1.29 is 0 Å². The SMILES string of the molecule is Cc1ccccc1C(CN)Cc1ccncc1. The van der Waals surface area contributed by atoms with Crippen molar-refractivity contribution in [2.75, 3.05) is 6.54 Å². The molecule has 1 unspecified atom stereocenters. The molecule has 1 aromatic heterocycles. The van der Waals surface area contributed by atoms with Crippen LogP contribution in [0.25, 0.3) is 0 Å². The largest absolute Gasteiger partial charge is 0.330 e. The Hall–Kier alpha value is -1.67. The quantitative estimate of drug-likeness (QED) is 0.870. The molecule has 0 aliphatic carbocycles. The molecular formula is C15H18N2. The van der Waals surface area contributed by atoms with Gasteiger partial charge in [0.25, 0.3) is 0 Å². The first-order valence-corrected chi connectivity index (χ1v) is 5.95. The van der Waals surface area contributed by atoms with E-state index in [1.807, 2.05) is 12.4 Å². The van der Waals surface area contributed by atoms with Crippen LogP contribution in [-0.2, 0) is 6.42 Å². The van der Waals surface area contributed by atoms with Crippen molar-refractivity contribution in [2.45, 2.75) is 19.3 Å². The molecule has 0 bridgehead atoms. The molecule has 1 aromatic carbocycles. The highest BCUT2D eigenvalue weighted by molar-refractivity contribution is 5.31. The summed E-state index contributed by atoms with van der Waals surface area (Å²) in [6, 6.07) is 12.6. The van der Waals surface area contributed by atoms with Gasteiger partial charge in [-0.05, 0) is 48.7 Å². The zero-order valence-electron chi connectivity index (χ0n) is 10.1. The van der Waals surface area contributed by atoms with Crippen molar-refractivity contribution >= 4 is 0 Å². The average molecular weight is 226 g/mol. The van der Waals surface area contributed by atoms with Crippen molar-refractivity contribution in [2.24, 2.45) is 5.73 Å². The second kappa shape index (κ2) is 5.60. The fourth-order valence-electron chi connectivity index (χ4n) is 2.17. The molecule has 2 aromatic rings. The van der Waals surface area contributed by atoms with Gasteiger partial charge in [0, 0.05) is 18.3 Å². The van der Waals surface area contributed by atoms with E-state index in [0.717, 1.165) is 6.42 Å². The first-order valence-electron chi connectivity index (χ1n) is 5.95. The minimum Gasteiger partial charge on any atom is -0.330 e. The Morgan fingerprint density at radius 1 is 1.12 bits per heavy atom. The molecule has 0 saturated carbocycles. The molecule has 0 fully saturated rings. The number of rotatable bonds is 4. The highest BCUT2D eigenvalue weighted by atomic mass is 14.6. The van der Waals surface area contributed by atoms with Crippen molar-refractivity contribution in [3.8, 4) is 0 Å². The third-order valence-electron chi connectivity index (χ3n) is 3.14. The molecule has 2 heteroatoms. The zero-order valence-corrected chi connectivity index (χ0v) is 10.1. The molecule has 0 aliphatic rings. The maximum Gasteiger partial charge on any atom is 0.0270 e. The zero-order chi connectivity index (χ0) is 12.1. The van der Waals surface area contributed by atoms with Crippen molar-refractivity contribution in [1.29, 1.82) is 0 Å². The molecule has 2 nitrogen and oxygen atoms in total. The molecule has 0 saturated heterocycles. The fraction of sp³-hybridized carbons (Fsp3) is 0.267. The Bertz CT molecular complexity index is 465. The summed E-state index contributed by atoms with van der Waals surface area (Å²) in [6.07, 6.45) is 4.64. The van der Waals surface area contributed by atoms with Gasteiger partial charge in [0.1, 0.15) is 0 Å². The number of pyridine rings is 1. The van der Waals surface area contributed by atoms with Gasteiger partial charge in [0.15, 0.2) is 0 Å². The molecule has 0 amide bonds. The molecule has 0 spiro atoms. The van der Waals surface area contributed by atoms with Gasteiger partial charge in [-0.1, -0.05) is 24.3 Å². The standard InChI is InChI=1S/C15H18N2/c1-12-4-2-3-5-15(12)14(11-16)10-13-6-8-17-9-7-13/h2-9,14H,10-11,16H2,1H3. The van der Waals surface area contributed by atoms with Crippen LogP contribution in [0, 0.1) is 6.92 Å². The lowest BCUT2D eigenvalue weighted by molar-refractivity contribution is 0.689. The van der Waals surface area contributed by atoms with Crippen molar-refractivity contribution in [1.82, 2.24) is 4.98 Å². The summed E-state index contributed by atoms with van der Waals surface area (Å²) in [5, 5.41) is 0. The Balaban J connectivity index is 2.21. The number of aromatic nitrogens is 1. The van der Waals surface area contributed by atoms with E-state index in [-0.39, 0.29) is 0 Å². The van der Waals surface area contributed by atoms with Gasteiger partial charge in [0.05, 0.1) is 0 Å². The van der Waals surface area contributed by atoms with Crippen molar-refractivity contribution in [3.05, 3.63) is 65.5 Å². The highest BCUT2D eigenvalue weighted by Crippen LogP contribution is 2.22. The van der Waals surface area contributed by atoms with Crippen LogP contribution in [0.15, 0.2) is 48.8 Å². The lowest BCUT2D eigenvalue weighted by Gasteiger charge is -2.17. The monoisotopic (exact) mass is 226 g/mol. The van der Waals surface area contributed by atoms with Gasteiger partial charge in [0.2, 0.25) is 0 Å². The van der Waals surface area contributed by atoms with Crippen LogP contribution >= 0.6 is 0 Å². The second-order valence-electron chi connectivity index (χ2n) is 4.35. The molecule has 1 heterocycles. The predicted octanol–water partition coefficient (Wildman–Crippen LogP) is 2.68. The predicted molar refractivity (Wildman–Crippen MR) is 70.9 cm³/mol. The van der Waals surface area contributed by atoms with E-state index in [0.29, 0.717) is 12.5 Å². The third-order valence-corrected chi connectivity index (χ3v) is 3.14. The van der Waals surface area contributed by atoms with E-state index in [1.165, 1.54) is 16.7 Å². The van der Waals surface area contributed by atoms with E-state index in [9.17, 15) is 0 Å².